The molecule has 1 aromatic carbocycles. The van der Waals surface area contributed by atoms with Crippen LogP contribution in [0.25, 0.3) is 16.9 Å². The summed E-state index contributed by atoms with van der Waals surface area (Å²) in [5.41, 5.74) is 7.79. The summed E-state index contributed by atoms with van der Waals surface area (Å²) in [6, 6.07) is 2.61. The molecule has 0 amide bonds. The lowest BCUT2D eigenvalue weighted by atomic mass is 10.2. The molecular weight excluding hydrogens is 276 g/mol. The Bertz CT molecular complexity index is 847. The molecule has 0 saturated heterocycles. The van der Waals surface area contributed by atoms with Crippen molar-refractivity contribution in [3.05, 3.63) is 35.0 Å². The van der Waals surface area contributed by atoms with Crippen LogP contribution >= 0.6 is 0 Å². The molecule has 0 spiro atoms. The number of aromatic nitrogens is 4. The highest BCUT2D eigenvalue weighted by Gasteiger charge is 2.23. The van der Waals surface area contributed by atoms with Gasteiger partial charge >= 0.3 is 0 Å². The van der Waals surface area contributed by atoms with Gasteiger partial charge in [0.05, 0.1) is 5.69 Å². The van der Waals surface area contributed by atoms with Gasteiger partial charge in [0.2, 0.25) is 5.95 Å². The number of nitrogens with two attached hydrogens (primary N) is 1. The van der Waals surface area contributed by atoms with Crippen molar-refractivity contribution in [2.45, 2.75) is 20.3 Å². The molecule has 110 valence electrons. The molecule has 5 nitrogen and oxygen atoms in total. The summed E-state index contributed by atoms with van der Waals surface area (Å²) in [7, 11) is 1.70. The fourth-order valence-electron chi connectivity index (χ4n) is 2.50. The molecule has 2 N–H and O–H groups in total. The van der Waals surface area contributed by atoms with Crippen molar-refractivity contribution in [1.82, 2.24) is 19.3 Å². The van der Waals surface area contributed by atoms with Crippen LogP contribution in [0.3, 0.4) is 0 Å². The van der Waals surface area contributed by atoms with Gasteiger partial charge < -0.3 is 5.73 Å². The Morgan fingerprint density at radius 2 is 2.00 bits per heavy atom. The fourth-order valence-corrected chi connectivity index (χ4v) is 2.50. The first-order chi connectivity index (χ1) is 9.95. The van der Waals surface area contributed by atoms with E-state index in [4.69, 9.17) is 5.73 Å². The second-order valence-electron chi connectivity index (χ2n) is 4.93. The van der Waals surface area contributed by atoms with Gasteiger partial charge in [0, 0.05) is 7.05 Å². The van der Waals surface area contributed by atoms with Crippen molar-refractivity contribution in [1.29, 1.82) is 0 Å². The van der Waals surface area contributed by atoms with Gasteiger partial charge in [-0.3, -0.25) is 4.57 Å². The molecule has 2 aromatic heterocycles. The van der Waals surface area contributed by atoms with Crippen LogP contribution in [-0.4, -0.2) is 19.3 Å². The molecule has 0 unspecified atom stereocenters. The minimum atomic E-state index is -0.691. The van der Waals surface area contributed by atoms with E-state index in [2.05, 4.69) is 10.1 Å². The molecule has 0 aliphatic rings. The second kappa shape index (κ2) is 4.54. The normalized spacial score (nSPS) is 11.5. The van der Waals surface area contributed by atoms with Gasteiger partial charge in [-0.25, -0.2) is 18.4 Å². The van der Waals surface area contributed by atoms with E-state index in [1.54, 1.807) is 18.7 Å². The Morgan fingerprint density at radius 3 is 2.67 bits per heavy atom. The predicted octanol–water partition coefficient (Wildman–Crippen LogP) is 2.49. The molecule has 0 aliphatic carbocycles. The van der Waals surface area contributed by atoms with Crippen molar-refractivity contribution in [3.63, 3.8) is 0 Å². The lowest BCUT2D eigenvalue weighted by molar-refractivity contribution is 0.564. The van der Waals surface area contributed by atoms with Crippen LogP contribution < -0.4 is 5.73 Å². The third-order valence-electron chi connectivity index (χ3n) is 3.55. The zero-order chi connectivity index (χ0) is 15.3. The number of fused-ring (bicyclic) bond motifs is 1. The van der Waals surface area contributed by atoms with Gasteiger partial charge in [0.1, 0.15) is 17.0 Å². The summed E-state index contributed by atoms with van der Waals surface area (Å²) >= 11 is 0. The third kappa shape index (κ3) is 1.80. The predicted molar refractivity (Wildman–Crippen MR) is 76.3 cm³/mol. The molecule has 0 aliphatic heterocycles. The SMILES string of the molecule is CCc1nn(C)c2c1nc(N)n2-c1c(F)ccc(C)c1F. The summed E-state index contributed by atoms with van der Waals surface area (Å²) in [5.74, 6) is -1.31. The fraction of sp³-hybridized carbons (Fsp3) is 0.286. The van der Waals surface area contributed by atoms with Crippen LogP contribution in [0.15, 0.2) is 12.1 Å². The summed E-state index contributed by atoms with van der Waals surface area (Å²) in [6.45, 7) is 3.51. The molecule has 2 heterocycles. The smallest absolute Gasteiger partial charge is 0.207 e. The highest BCUT2D eigenvalue weighted by atomic mass is 19.1. The Labute approximate surface area is 120 Å². The minimum absolute atomic E-state index is 0.0381. The number of anilines is 1. The van der Waals surface area contributed by atoms with Gasteiger partial charge in [-0.1, -0.05) is 13.0 Å². The number of hydrogen-bond acceptors (Lipinski definition) is 3. The lowest BCUT2D eigenvalue weighted by Crippen LogP contribution is -2.09. The molecule has 21 heavy (non-hydrogen) atoms. The Kier molecular flexibility index (Phi) is 2.93. The first-order valence-electron chi connectivity index (χ1n) is 6.60. The largest absolute Gasteiger partial charge is 0.369 e. The molecule has 0 saturated carbocycles. The zero-order valence-electron chi connectivity index (χ0n) is 12.0. The van der Waals surface area contributed by atoms with Crippen molar-refractivity contribution in [2.75, 3.05) is 5.73 Å². The molecule has 0 fully saturated rings. The number of nitrogen functional groups attached to an aromatic ring is 1. The highest BCUT2D eigenvalue weighted by molar-refractivity contribution is 5.80. The summed E-state index contributed by atoms with van der Waals surface area (Å²) in [5, 5.41) is 4.31. The van der Waals surface area contributed by atoms with E-state index in [-0.39, 0.29) is 11.6 Å². The lowest BCUT2D eigenvalue weighted by Gasteiger charge is -2.11. The standard InChI is InChI=1S/C14H15F2N5/c1-4-9-11-13(20(3)19-9)21(14(17)18-11)12-8(15)6-5-7(2)10(12)16/h5-6H,4H2,1-3H3,(H2,17,18). The maximum atomic E-state index is 14.4. The van der Waals surface area contributed by atoms with Crippen LogP contribution in [-0.2, 0) is 13.5 Å². The highest BCUT2D eigenvalue weighted by Crippen LogP contribution is 2.29. The van der Waals surface area contributed by atoms with Gasteiger partial charge in [-0.15, -0.1) is 0 Å². The summed E-state index contributed by atoms with van der Waals surface area (Å²) < 4.78 is 31.3. The number of imidazole rings is 1. The van der Waals surface area contributed by atoms with Gasteiger partial charge in [-0.2, -0.15) is 5.10 Å². The van der Waals surface area contributed by atoms with Gasteiger partial charge in [0.25, 0.3) is 0 Å². The number of hydrogen-bond donors (Lipinski definition) is 1. The van der Waals surface area contributed by atoms with E-state index in [1.165, 1.54) is 16.7 Å². The molecule has 0 bridgehead atoms. The minimum Gasteiger partial charge on any atom is -0.369 e. The first kappa shape index (κ1) is 13.5. The first-order valence-corrected chi connectivity index (χ1v) is 6.60. The van der Waals surface area contributed by atoms with E-state index in [1.807, 2.05) is 6.92 Å². The number of benzene rings is 1. The molecule has 0 atom stereocenters. The number of nitrogens with zero attached hydrogens (tertiary/aromatic N) is 4. The van der Waals surface area contributed by atoms with Crippen molar-refractivity contribution < 1.29 is 8.78 Å². The maximum Gasteiger partial charge on any atom is 0.207 e. The topological polar surface area (TPSA) is 61.7 Å². The number of halogens is 2. The zero-order valence-corrected chi connectivity index (χ0v) is 12.0. The quantitative estimate of drug-likeness (QED) is 0.789. The third-order valence-corrected chi connectivity index (χ3v) is 3.55. The average Bonchev–Trinajstić information content (AvgIpc) is 2.93. The molecule has 3 aromatic rings. The molecule has 0 radical (unpaired) electrons. The maximum absolute atomic E-state index is 14.4. The second-order valence-corrected chi connectivity index (χ2v) is 4.93. The van der Waals surface area contributed by atoms with Crippen LogP contribution in [0.4, 0.5) is 14.7 Å². The van der Waals surface area contributed by atoms with Crippen molar-refractivity contribution >= 4 is 17.1 Å². The average molecular weight is 291 g/mol. The van der Waals surface area contributed by atoms with Crippen LogP contribution in [0, 0.1) is 18.6 Å². The van der Waals surface area contributed by atoms with E-state index in [0.29, 0.717) is 23.1 Å². The van der Waals surface area contributed by atoms with Crippen molar-refractivity contribution in [3.8, 4) is 5.69 Å². The van der Waals surface area contributed by atoms with Gasteiger partial charge in [0.15, 0.2) is 11.5 Å². The molecule has 3 rings (SSSR count). The number of rotatable bonds is 2. The monoisotopic (exact) mass is 291 g/mol. The van der Waals surface area contributed by atoms with Crippen LogP contribution in [0.5, 0.6) is 0 Å². The summed E-state index contributed by atoms with van der Waals surface area (Å²) in [6.07, 6.45) is 0.659. The van der Waals surface area contributed by atoms with Crippen molar-refractivity contribution in [2.24, 2.45) is 7.05 Å². The van der Waals surface area contributed by atoms with E-state index in [9.17, 15) is 8.78 Å². The Hall–Kier alpha value is -2.44. The van der Waals surface area contributed by atoms with Crippen LogP contribution in [0.2, 0.25) is 0 Å². The van der Waals surface area contributed by atoms with Crippen LogP contribution in [0.1, 0.15) is 18.2 Å². The van der Waals surface area contributed by atoms with Gasteiger partial charge in [-0.05, 0) is 25.0 Å². The van der Waals surface area contributed by atoms with E-state index >= 15 is 0 Å². The Morgan fingerprint density at radius 1 is 1.29 bits per heavy atom. The number of aryl methyl sites for hydroxylation is 3. The van der Waals surface area contributed by atoms with E-state index in [0.717, 1.165) is 5.69 Å². The molecule has 7 heteroatoms. The Balaban J connectivity index is 2.44. The van der Waals surface area contributed by atoms with E-state index < -0.39 is 11.6 Å². The molecular formula is C14H15F2N5. The summed E-state index contributed by atoms with van der Waals surface area (Å²) in [4.78, 5) is 4.22.